The summed E-state index contributed by atoms with van der Waals surface area (Å²) in [7, 11) is 0. The topological polar surface area (TPSA) is 43.1 Å². The van der Waals surface area contributed by atoms with E-state index in [0.717, 1.165) is 18.3 Å². The fourth-order valence-electron chi connectivity index (χ4n) is 2.43. The Morgan fingerprint density at radius 1 is 1.40 bits per heavy atom. The lowest BCUT2D eigenvalue weighted by Crippen LogP contribution is -2.23. The van der Waals surface area contributed by atoms with Crippen LogP contribution in [0.5, 0.6) is 0 Å². The number of amides is 1. The second-order valence-electron chi connectivity index (χ2n) is 3.79. The van der Waals surface area contributed by atoms with E-state index >= 15 is 0 Å². The zero-order chi connectivity index (χ0) is 7.30. The lowest BCUT2D eigenvalue weighted by Gasteiger charge is -2.07. The van der Waals surface area contributed by atoms with Crippen LogP contribution in [-0.2, 0) is 4.79 Å². The third-order valence-electron chi connectivity index (χ3n) is 3.13. The highest BCUT2D eigenvalue weighted by molar-refractivity contribution is 5.78. The van der Waals surface area contributed by atoms with Crippen LogP contribution >= 0.6 is 0 Å². The number of hydrogen-bond donors (Lipinski definition) is 1. The number of fused-ring (bicyclic) bond motifs is 1. The van der Waals surface area contributed by atoms with Crippen LogP contribution in [0.2, 0.25) is 0 Å². The Balaban J connectivity index is 2.08. The van der Waals surface area contributed by atoms with Gasteiger partial charge in [0, 0.05) is 5.92 Å². The maximum absolute atomic E-state index is 10.8. The molecule has 0 aliphatic heterocycles. The number of nitrogens with two attached hydrogens (primary N) is 1. The van der Waals surface area contributed by atoms with Crippen molar-refractivity contribution >= 4 is 5.91 Å². The van der Waals surface area contributed by atoms with E-state index in [-0.39, 0.29) is 11.8 Å². The zero-order valence-electron chi connectivity index (χ0n) is 6.21. The molecule has 2 heteroatoms. The summed E-state index contributed by atoms with van der Waals surface area (Å²) in [4.78, 5) is 10.8. The Hall–Kier alpha value is -0.530. The van der Waals surface area contributed by atoms with Gasteiger partial charge in [0.25, 0.3) is 0 Å². The average molecular weight is 139 g/mol. The molecule has 0 radical (unpaired) electrons. The van der Waals surface area contributed by atoms with E-state index in [1.54, 1.807) is 0 Å². The SMILES string of the molecule is CC1CC(C(N)=O)C2CC12. The smallest absolute Gasteiger partial charge is 0.220 e. The van der Waals surface area contributed by atoms with Gasteiger partial charge in [-0.05, 0) is 30.6 Å². The minimum atomic E-state index is -0.0724. The van der Waals surface area contributed by atoms with Crippen molar-refractivity contribution in [1.29, 1.82) is 0 Å². The van der Waals surface area contributed by atoms with Gasteiger partial charge in [0.15, 0.2) is 0 Å². The molecule has 10 heavy (non-hydrogen) atoms. The van der Waals surface area contributed by atoms with Gasteiger partial charge in [-0.3, -0.25) is 4.79 Å². The summed E-state index contributed by atoms with van der Waals surface area (Å²) in [5.74, 6) is 2.42. The molecule has 0 aromatic rings. The monoisotopic (exact) mass is 139 g/mol. The van der Waals surface area contributed by atoms with Crippen LogP contribution in [0.4, 0.5) is 0 Å². The highest BCUT2D eigenvalue weighted by Crippen LogP contribution is 2.58. The summed E-state index contributed by atoms with van der Waals surface area (Å²) >= 11 is 0. The minimum absolute atomic E-state index is 0.0724. The van der Waals surface area contributed by atoms with E-state index in [9.17, 15) is 4.79 Å². The van der Waals surface area contributed by atoms with Gasteiger partial charge in [-0.25, -0.2) is 0 Å². The first-order valence-corrected chi connectivity index (χ1v) is 3.99. The number of rotatable bonds is 1. The van der Waals surface area contributed by atoms with Crippen LogP contribution in [0.3, 0.4) is 0 Å². The normalized spacial score (nSPS) is 50.5. The number of primary amides is 1. The highest BCUT2D eigenvalue weighted by atomic mass is 16.1. The van der Waals surface area contributed by atoms with Crippen molar-refractivity contribution < 1.29 is 4.79 Å². The zero-order valence-corrected chi connectivity index (χ0v) is 6.21. The molecule has 2 aliphatic carbocycles. The predicted molar refractivity (Wildman–Crippen MR) is 38.1 cm³/mol. The van der Waals surface area contributed by atoms with Crippen molar-refractivity contribution in [3.63, 3.8) is 0 Å². The molecule has 4 unspecified atom stereocenters. The lowest BCUT2D eigenvalue weighted by atomic mass is 9.99. The maximum atomic E-state index is 10.8. The first-order valence-electron chi connectivity index (χ1n) is 3.99. The van der Waals surface area contributed by atoms with Crippen LogP contribution in [0, 0.1) is 23.7 Å². The molecular formula is C8H13NO. The molecule has 0 heterocycles. The van der Waals surface area contributed by atoms with Crippen LogP contribution in [0.25, 0.3) is 0 Å². The van der Waals surface area contributed by atoms with Crippen molar-refractivity contribution in [2.75, 3.05) is 0 Å². The summed E-state index contributed by atoms with van der Waals surface area (Å²) in [5.41, 5.74) is 5.24. The van der Waals surface area contributed by atoms with Gasteiger partial charge in [0.05, 0.1) is 0 Å². The molecule has 0 bridgehead atoms. The molecule has 2 aliphatic rings. The summed E-state index contributed by atoms with van der Waals surface area (Å²) in [6.45, 7) is 2.23. The van der Waals surface area contributed by atoms with E-state index in [2.05, 4.69) is 6.92 Å². The Bertz CT molecular complexity index is 178. The largest absolute Gasteiger partial charge is 0.369 e. The fraction of sp³-hybridized carbons (Fsp3) is 0.875. The van der Waals surface area contributed by atoms with Crippen LogP contribution in [0.1, 0.15) is 19.8 Å². The third-order valence-corrected chi connectivity index (χ3v) is 3.13. The predicted octanol–water partition coefficient (Wildman–Crippen LogP) is 0.764. The first-order chi connectivity index (χ1) is 4.70. The Kier molecular flexibility index (Phi) is 1.08. The molecule has 4 atom stereocenters. The van der Waals surface area contributed by atoms with Gasteiger partial charge in [-0.1, -0.05) is 6.92 Å². The van der Waals surface area contributed by atoms with Crippen LogP contribution < -0.4 is 5.73 Å². The van der Waals surface area contributed by atoms with E-state index in [4.69, 9.17) is 5.73 Å². The van der Waals surface area contributed by atoms with Gasteiger partial charge in [0.2, 0.25) is 5.91 Å². The van der Waals surface area contributed by atoms with E-state index < -0.39 is 0 Å². The van der Waals surface area contributed by atoms with E-state index in [1.165, 1.54) is 6.42 Å². The van der Waals surface area contributed by atoms with Gasteiger partial charge in [-0.2, -0.15) is 0 Å². The van der Waals surface area contributed by atoms with Crippen LogP contribution in [-0.4, -0.2) is 5.91 Å². The molecule has 0 aromatic heterocycles. The van der Waals surface area contributed by atoms with Crippen molar-refractivity contribution in [2.45, 2.75) is 19.8 Å². The van der Waals surface area contributed by atoms with Crippen molar-refractivity contribution in [3.05, 3.63) is 0 Å². The summed E-state index contributed by atoms with van der Waals surface area (Å²) < 4.78 is 0. The van der Waals surface area contributed by atoms with Gasteiger partial charge >= 0.3 is 0 Å². The molecule has 0 saturated heterocycles. The molecule has 2 rings (SSSR count). The molecule has 2 fully saturated rings. The highest BCUT2D eigenvalue weighted by Gasteiger charge is 2.54. The summed E-state index contributed by atoms with van der Waals surface area (Å²) in [6.07, 6.45) is 2.31. The van der Waals surface area contributed by atoms with E-state index in [1.807, 2.05) is 0 Å². The Morgan fingerprint density at radius 2 is 2.10 bits per heavy atom. The van der Waals surface area contributed by atoms with Gasteiger partial charge in [-0.15, -0.1) is 0 Å². The fourth-order valence-corrected chi connectivity index (χ4v) is 2.43. The van der Waals surface area contributed by atoms with Gasteiger partial charge in [0.1, 0.15) is 0 Å². The second kappa shape index (κ2) is 1.74. The molecule has 2 N–H and O–H groups in total. The van der Waals surface area contributed by atoms with E-state index in [0.29, 0.717) is 5.92 Å². The maximum Gasteiger partial charge on any atom is 0.220 e. The lowest BCUT2D eigenvalue weighted by molar-refractivity contribution is -0.122. The molecule has 2 nitrogen and oxygen atoms in total. The van der Waals surface area contributed by atoms with Crippen LogP contribution in [0.15, 0.2) is 0 Å². The summed E-state index contributed by atoms with van der Waals surface area (Å²) in [6, 6.07) is 0. The van der Waals surface area contributed by atoms with Crippen molar-refractivity contribution in [3.8, 4) is 0 Å². The molecular weight excluding hydrogens is 126 g/mol. The summed E-state index contributed by atoms with van der Waals surface area (Å²) in [5, 5.41) is 0. The third kappa shape index (κ3) is 0.678. The quantitative estimate of drug-likeness (QED) is 0.572. The number of carbonyl (C=O) groups is 1. The number of carbonyl (C=O) groups excluding carboxylic acids is 1. The standard InChI is InChI=1S/C8H13NO/c1-4-2-7(8(9)10)6-3-5(4)6/h4-7H,2-3H2,1H3,(H2,9,10). The Morgan fingerprint density at radius 3 is 2.30 bits per heavy atom. The first kappa shape index (κ1) is 6.20. The Labute approximate surface area is 60.8 Å². The molecule has 1 amide bonds. The average Bonchev–Trinajstić information content (AvgIpc) is 2.55. The molecule has 0 aromatic carbocycles. The van der Waals surface area contributed by atoms with Crippen molar-refractivity contribution in [2.24, 2.45) is 29.4 Å². The van der Waals surface area contributed by atoms with Gasteiger partial charge < -0.3 is 5.73 Å². The minimum Gasteiger partial charge on any atom is -0.369 e. The molecule has 2 saturated carbocycles. The van der Waals surface area contributed by atoms with Crippen molar-refractivity contribution in [1.82, 2.24) is 0 Å². The molecule has 0 spiro atoms. The number of hydrogen-bond acceptors (Lipinski definition) is 1. The second-order valence-corrected chi connectivity index (χ2v) is 3.79. The molecule has 56 valence electrons.